The maximum absolute atomic E-state index is 12.5. The summed E-state index contributed by atoms with van der Waals surface area (Å²) in [5, 5.41) is 2.98. The molecular weight excluding hydrogens is 252 g/mol. The van der Waals surface area contributed by atoms with Crippen LogP contribution in [0.4, 0.5) is 5.69 Å². The van der Waals surface area contributed by atoms with Crippen molar-refractivity contribution in [3.63, 3.8) is 0 Å². The molecule has 2 rings (SSSR count). The molecule has 4 heteroatoms. The van der Waals surface area contributed by atoms with Crippen molar-refractivity contribution in [1.82, 2.24) is 4.90 Å². The van der Waals surface area contributed by atoms with Crippen molar-refractivity contribution in [2.24, 2.45) is 0 Å². The van der Waals surface area contributed by atoms with Crippen molar-refractivity contribution in [1.29, 1.82) is 0 Å². The Kier molecular flexibility index (Phi) is 3.59. The van der Waals surface area contributed by atoms with Gasteiger partial charge in [0.1, 0.15) is 5.54 Å². The summed E-state index contributed by atoms with van der Waals surface area (Å²) in [5.74, 6) is -0.0943. The summed E-state index contributed by atoms with van der Waals surface area (Å²) in [6.07, 6.45) is 0.541. The van der Waals surface area contributed by atoms with E-state index in [0.717, 1.165) is 16.8 Å². The fourth-order valence-corrected chi connectivity index (χ4v) is 2.67. The van der Waals surface area contributed by atoms with Crippen LogP contribution in [0.15, 0.2) is 12.1 Å². The third-order valence-electron chi connectivity index (χ3n) is 4.00. The average molecular weight is 274 g/mol. The second-order valence-electron chi connectivity index (χ2n) is 6.08. The summed E-state index contributed by atoms with van der Waals surface area (Å²) in [4.78, 5) is 25.7. The lowest BCUT2D eigenvalue weighted by Crippen LogP contribution is -2.61. The molecule has 0 saturated carbocycles. The van der Waals surface area contributed by atoms with Gasteiger partial charge in [-0.3, -0.25) is 9.59 Å². The van der Waals surface area contributed by atoms with Crippen LogP contribution in [-0.4, -0.2) is 28.8 Å². The Morgan fingerprint density at radius 3 is 2.15 bits per heavy atom. The van der Waals surface area contributed by atoms with Gasteiger partial charge in [-0.2, -0.15) is 0 Å². The van der Waals surface area contributed by atoms with Gasteiger partial charge in [-0.05, 0) is 45.7 Å². The zero-order valence-electron chi connectivity index (χ0n) is 12.8. The van der Waals surface area contributed by atoms with Crippen molar-refractivity contribution < 1.29 is 9.59 Å². The molecule has 0 spiro atoms. The van der Waals surface area contributed by atoms with Gasteiger partial charge in [0.05, 0.1) is 0 Å². The summed E-state index contributed by atoms with van der Waals surface area (Å²) in [5.41, 5.74) is 3.30. The fraction of sp³-hybridized carbons (Fsp3) is 0.500. The average Bonchev–Trinajstić information content (AvgIpc) is 2.30. The topological polar surface area (TPSA) is 49.4 Å². The quantitative estimate of drug-likeness (QED) is 0.861. The molecule has 1 aromatic rings. The van der Waals surface area contributed by atoms with Gasteiger partial charge < -0.3 is 10.2 Å². The number of amides is 2. The summed E-state index contributed by atoms with van der Waals surface area (Å²) >= 11 is 0. The normalized spacial score (nSPS) is 15.1. The summed E-state index contributed by atoms with van der Waals surface area (Å²) < 4.78 is 0. The van der Waals surface area contributed by atoms with E-state index in [2.05, 4.69) is 5.32 Å². The van der Waals surface area contributed by atoms with Crippen LogP contribution in [0, 0.1) is 20.8 Å². The van der Waals surface area contributed by atoms with E-state index in [4.69, 9.17) is 0 Å². The lowest BCUT2D eigenvalue weighted by Gasteiger charge is -2.43. The molecule has 0 bridgehead atoms. The first kappa shape index (κ1) is 14.6. The van der Waals surface area contributed by atoms with Gasteiger partial charge >= 0.3 is 0 Å². The number of hydrogen-bond acceptors (Lipinski definition) is 2. The number of aryl methyl sites for hydroxylation is 3. The Morgan fingerprint density at radius 1 is 1.20 bits per heavy atom. The Balaban J connectivity index is 2.22. The zero-order valence-corrected chi connectivity index (χ0v) is 12.8. The van der Waals surface area contributed by atoms with Crippen LogP contribution in [0.1, 0.15) is 37.0 Å². The summed E-state index contributed by atoms with van der Waals surface area (Å²) in [6, 6.07) is 4.09. The number of benzene rings is 1. The van der Waals surface area contributed by atoms with E-state index in [1.54, 1.807) is 18.7 Å². The van der Waals surface area contributed by atoms with Crippen LogP contribution in [0.5, 0.6) is 0 Å². The number of anilines is 1. The van der Waals surface area contributed by atoms with Gasteiger partial charge in [-0.1, -0.05) is 17.7 Å². The van der Waals surface area contributed by atoms with E-state index >= 15 is 0 Å². The first-order chi connectivity index (χ1) is 9.23. The number of carbonyl (C=O) groups is 2. The largest absolute Gasteiger partial charge is 0.328 e. The van der Waals surface area contributed by atoms with Gasteiger partial charge in [0.15, 0.2) is 0 Å². The van der Waals surface area contributed by atoms with Gasteiger partial charge in [-0.25, -0.2) is 0 Å². The predicted molar refractivity (Wildman–Crippen MR) is 79.7 cm³/mol. The third kappa shape index (κ3) is 2.42. The first-order valence-corrected chi connectivity index (χ1v) is 6.93. The minimum absolute atomic E-state index is 0.0440. The number of nitrogens with zero attached hydrogens (tertiary/aromatic N) is 1. The van der Waals surface area contributed by atoms with E-state index in [-0.39, 0.29) is 11.8 Å². The van der Waals surface area contributed by atoms with Gasteiger partial charge in [0.25, 0.3) is 0 Å². The molecule has 0 atom stereocenters. The monoisotopic (exact) mass is 274 g/mol. The lowest BCUT2D eigenvalue weighted by molar-refractivity contribution is -0.152. The van der Waals surface area contributed by atoms with E-state index < -0.39 is 5.54 Å². The molecule has 20 heavy (non-hydrogen) atoms. The van der Waals surface area contributed by atoms with Gasteiger partial charge in [0, 0.05) is 18.7 Å². The molecule has 1 saturated heterocycles. The standard InChI is InChI=1S/C16H22N2O2/c1-10-8-11(2)14(12(3)9-10)17-15(20)16(4,5)18-7-6-13(18)19/h8-9H,6-7H2,1-5H3,(H,17,20). The molecule has 0 aromatic heterocycles. The molecule has 1 aromatic carbocycles. The molecule has 0 unspecified atom stereocenters. The highest BCUT2D eigenvalue weighted by atomic mass is 16.2. The fourth-order valence-electron chi connectivity index (χ4n) is 2.67. The van der Waals surface area contributed by atoms with Crippen LogP contribution < -0.4 is 5.32 Å². The van der Waals surface area contributed by atoms with Crippen LogP contribution in [0.2, 0.25) is 0 Å². The molecular formula is C16H22N2O2. The molecule has 108 valence electrons. The lowest BCUT2D eigenvalue weighted by atomic mass is 9.95. The SMILES string of the molecule is Cc1cc(C)c(NC(=O)C(C)(C)N2CCC2=O)c(C)c1. The van der Waals surface area contributed by atoms with E-state index in [1.165, 1.54) is 5.56 Å². The Bertz CT molecular complexity index is 553. The Morgan fingerprint density at radius 2 is 1.75 bits per heavy atom. The number of β-lactam (4-membered cyclic amide) rings is 1. The molecule has 1 heterocycles. The van der Waals surface area contributed by atoms with Crippen molar-refractivity contribution in [3.05, 3.63) is 28.8 Å². The van der Waals surface area contributed by atoms with Crippen LogP contribution in [-0.2, 0) is 9.59 Å². The van der Waals surface area contributed by atoms with Crippen LogP contribution >= 0.6 is 0 Å². The van der Waals surface area contributed by atoms with Crippen molar-refractivity contribution in [2.75, 3.05) is 11.9 Å². The molecule has 0 radical (unpaired) electrons. The number of hydrogen-bond donors (Lipinski definition) is 1. The molecule has 0 aliphatic carbocycles. The molecule has 1 aliphatic rings. The zero-order chi connectivity index (χ0) is 15.1. The Labute approximate surface area is 120 Å². The van der Waals surface area contributed by atoms with Crippen LogP contribution in [0.3, 0.4) is 0 Å². The smallest absolute Gasteiger partial charge is 0.249 e. The maximum atomic E-state index is 12.5. The highest BCUT2D eigenvalue weighted by molar-refractivity contribution is 6.01. The second kappa shape index (κ2) is 4.93. The molecule has 1 N–H and O–H groups in total. The van der Waals surface area contributed by atoms with Gasteiger partial charge in [0.2, 0.25) is 11.8 Å². The number of likely N-dealkylation sites (tertiary alicyclic amines) is 1. The first-order valence-electron chi connectivity index (χ1n) is 6.93. The number of nitrogens with one attached hydrogen (secondary N) is 1. The predicted octanol–water partition coefficient (Wildman–Crippen LogP) is 2.56. The highest BCUT2D eigenvalue weighted by Gasteiger charge is 2.42. The minimum atomic E-state index is -0.806. The third-order valence-corrected chi connectivity index (χ3v) is 4.00. The highest BCUT2D eigenvalue weighted by Crippen LogP contribution is 2.27. The van der Waals surface area contributed by atoms with E-state index in [9.17, 15) is 9.59 Å². The van der Waals surface area contributed by atoms with E-state index in [1.807, 2.05) is 32.9 Å². The van der Waals surface area contributed by atoms with Crippen molar-refractivity contribution in [2.45, 2.75) is 46.6 Å². The van der Waals surface area contributed by atoms with Gasteiger partial charge in [-0.15, -0.1) is 0 Å². The van der Waals surface area contributed by atoms with E-state index in [0.29, 0.717) is 13.0 Å². The minimum Gasteiger partial charge on any atom is -0.328 e. The molecule has 2 amide bonds. The number of rotatable bonds is 3. The number of carbonyl (C=O) groups excluding carboxylic acids is 2. The molecule has 1 fully saturated rings. The van der Waals surface area contributed by atoms with Crippen LogP contribution in [0.25, 0.3) is 0 Å². The maximum Gasteiger partial charge on any atom is 0.249 e. The molecule has 1 aliphatic heterocycles. The Hall–Kier alpha value is -1.84. The van der Waals surface area contributed by atoms with Crippen molar-refractivity contribution >= 4 is 17.5 Å². The van der Waals surface area contributed by atoms with Crippen molar-refractivity contribution in [3.8, 4) is 0 Å². The summed E-state index contributed by atoms with van der Waals surface area (Å²) in [6.45, 7) is 10.2. The summed E-state index contributed by atoms with van der Waals surface area (Å²) in [7, 11) is 0. The second-order valence-corrected chi connectivity index (χ2v) is 6.08. The molecule has 4 nitrogen and oxygen atoms in total.